The maximum atomic E-state index is 15.3. The van der Waals surface area contributed by atoms with Gasteiger partial charge in [-0.15, -0.1) is 0 Å². The molecule has 1 saturated heterocycles. The minimum atomic E-state index is -0.784. The summed E-state index contributed by atoms with van der Waals surface area (Å²) in [7, 11) is 1.53. The van der Waals surface area contributed by atoms with Gasteiger partial charge in [0.15, 0.2) is 5.82 Å². The van der Waals surface area contributed by atoms with Gasteiger partial charge in [-0.05, 0) is 57.5 Å². The Morgan fingerprint density at radius 3 is 2.54 bits per heavy atom. The lowest BCUT2D eigenvalue weighted by atomic mass is 10.0. The fourth-order valence-electron chi connectivity index (χ4n) is 5.82. The second-order valence-corrected chi connectivity index (χ2v) is 14.0. The van der Waals surface area contributed by atoms with Crippen LogP contribution in [-0.4, -0.2) is 65.4 Å². The Bertz CT molecular complexity index is 1940. The number of aliphatic hydroxyl groups is 1. The molecule has 14 heteroatoms. The van der Waals surface area contributed by atoms with Crippen LogP contribution in [0.5, 0.6) is 5.75 Å². The van der Waals surface area contributed by atoms with Gasteiger partial charge in [0, 0.05) is 66.1 Å². The average molecular weight is 757 g/mol. The van der Waals surface area contributed by atoms with Crippen LogP contribution in [0.4, 0.5) is 25.0 Å². The highest BCUT2D eigenvalue weighted by Gasteiger charge is 2.29. The standard InChI is InChI=1S/C38H41Cl2F2N5O5/c1-38(2,3)52-37(50)47(21-24-10-13-32(49)45-24)20-23-9-8-22(18-31(23)51-4)36-34(40)26(14-15-44-36)25-6-5-7-29(33(25)39)46-30-12-11-28(41)27(35(30)42)19-43-16-17-48/h5-9,11-12,14-15,18,24,43,46,48H,10,13,16-17,19-21H2,1-4H3,(H,45,49)/t24-/m0/s1. The molecule has 0 unspecified atom stereocenters. The highest BCUT2D eigenvalue weighted by atomic mass is 35.5. The van der Waals surface area contributed by atoms with Gasteiger partial charge in [0.1, 0.15) is 17.2 Å². The zero-order valence-corrected chi connectivity index (χ0v) is 30.8. The smallest absolute Gasteiger partial charge is 0.410 e. The lowest BCUT2D eigenvalue weighted by Gasteiger charge is -2.29. The number of methoxy groups -OCH3 is 1. The van der Waals surface area contributed by atoms with Crippen LogP contribution >= 0.6 is 23.2 Å². The molecule has 4 aromatic rings. The number of carbonyl (C=O) groups is 2. The zero-order chi connectivity index (χ0) is 37.6. The van der Waals surface area contributed by atoms with Gasteiger partial charge in [-0.3, -0.25) is 9.78 Å². The predicted molar refractivity (Wildman–Crippen MR) is 198 cm³/mol. The molecule has 1 aliphatic heterocycles. The van der Waals surface area contributed by atoms with Crippen LogP contribution in [-0.2, 0) is 22.6 Å². The topological polar surface area (TPSA) is 125 Å². The molecule has 3 aromatic carbocycles. The second-order valence-electron chi connectivity index (χ2n) is 13.3. The maximum absolute atomic E-state index is 15.3. The van der Waals surface area contributed by atoms with Gasteiger partial charge in [0.25, 0.3) is 0 Å². The van der Waals surface area contributed by atoms with Crippen molar-refractivity contribution in [3.8, 4) is 28.1 Å². The molecule has 5 rings (SSSR count). The lowest BCUT2D eigenvalue weighted by molar-refractivity contribution is -0.119. The molecule has 4 N–H and O–H groups in total. The Balaban J connectivity index is 1.42. The number of rotatable bonds is 13. The summed E-state index contributed by atoms with van der Waals surface area (Å²) in [4.78, 5) is 31.2. The minimum Gasteiger partial charge on any atom is -0.496 e. The van der Waals surface area contributed by atoms with E-state index in [0.717, 1.165) is 6.07 Å². The van der Waals surface area contributed by atoms with Crippen molar-refractivity contribution in [2.45, 2.75) is 58.3 Å². The van der Waals surface area contributed by atoms with Gasteiger partial charge in [-0.2, -0.15) is 0 Å². The third-order valence-electron chi connectivity index (χ3n) is 8.32. The number of amides is 2. The van der Waals surface area contributed by atoms with Crippen LogP contribution in [0.1, 0.15) is 44.7 Å². The first-order valence-corrected chi connectivity index (χ1v) is 17.5. The molecule has 276 valence electrons. The molecule has 1 atom stereocenters. The van der Waals surface area contributed by atoms with Gasteiger partial charge in [-0.25, -0.2) is 13.6 Å². The summed E-state index contributed by atoms with van der Waals surface area (Å²) in [6.45, 7) is 5.73. The number of hydrogen-bond acceptors (Lipinski definition) is 8. The van der Waals surface area contributed by atoms with Crippen LogP contribution in [0.25, 0.3) is 22.4 Å². The van der Waals surface area contributed by atoms with E-state index in [1.807, 2.05) is 12.1 Å². The number of carbonyl (C=O) groups excluding carboxylic acids is 2. The molecule has 1 fully saturated rings. The van der Waals surface area contributed by atoms with Crippen molar-refractivity contribution in [3.05, 3.63) is 93.6 Å². The molecule has 0 saturated carbocycles. The lowest BCUT2D eigenvalue weighted by Crippen LogP contribution is -2.43. The van der Waals surface area contributed by atoms with Crippen LogP contribution in [0.3, 0.4) is 0 Å². The van der Waals surface area contributed by atoms with Crippen LogP contribution in [0.2, 0.25) is 10.0 Å². The Morgan fingerprint density at radius 2 is 1.85 bits per heavy atom. The number of aromatic nitrogens is 1. The fraction of sp³-hybridized carbons (Fsp3) is 0.342. The monoisotopic (exact) mass is 755 g/mol. The molecule has 0 spiro atoms. The molecule has 10 nitrogen and oxygen atoms in total. The van der Waals surface area contributed by atoms with E-state index in [0.29, 0.717) is 57.2 Å². The van der Waals surface area contributed by atoms with E-state index in [1.54, 1.807) is 62.2 Å². The number of ether oxygens (including phenoxy) is 2. The van der Waals surface area contributed by atoms with Crippen molar-refractivity contribution in [2.24, 2.45) is 0 Å². The number of pyridine rings is 1. The number of halogens is 4. The minimum absolute atomic E-state index is 0.0215. The van der Waals surface area contributed by atoms with Gasteiger partial charge in [-0.1, -0.05) is 47.5 Å². The number of aliphatic hydroxyl groups excluding tert-OH is 1. The van der Waals surface area contributed by atoms with Crippen LogP contribution in [0, 0.1) is 11.6 Å². The SMILES string of the molecule is COc1cc(-c2nccc(-c3cccc(Nc4ccc(F)c(CNCCO)c4F)c3Cl)c2Cl)ccc1CN(C[C@@H]1CCC(=O)N1)C(=O)OC(C)(C)C. The van der Waals surface area contributed by atoms with Crippen molar-refractivity contribution in [1.82, 2.24) is 20.5 Å². The zero-order valence-electron chi connectivity index (χ0n) is 29.3. The largest absolute Gasteiger partial charge is 0.496 e. The van der Waals surface area contributed by atoms with E-state index < -0.39 is 23.3 Å². The summed E-state index contributed by atoms with van der Waals surface area (Å²) in [5.74, 6) is -1.06. The first-order chi connectivity index (χ1) is 24.8. The van der Waals surface area contributed by atoms with Gasteiger partial charge in [0.05, 0.1) is 47.4 Å². The van der Waals surface area contributed by atoms with Crippen molar-refractivity contribution in [3.63, 3.8) is 0 Å². The van der Waals surface area contributed by atoms with E-state index >= 15 is 4.39 Å². The van der Waals surface area contributed by atoms with E-state index in [1.165, 1.54) is 13.2 Å². The number of hydrogen-bond donors (Lipinski definition) is 4. The van der Waals surface area contributed by atoms with Crippen molar-refractivity contribution < 1.29 is 33.0 Å². The van der Waals surface area contributed by atoms with Crippen LogP contribution < -0.4 is 20.7 Å². The number of anilines is 2. The third kappa shape index (κ3) is 9.29. The molecule has 52 heavy (non-hydrogen) atoms. The van der Waals surface area contributed by atoms with E-state index in [-0.39, 0.29) is 61.0 Å². The summed E-state index contributed by atoms with van der Waals surface area (Å²) >= 11 is 13.9. The Morgan fingerprint density at radius 1 is 1.08 bits per heavy atom. The molecular weight excluding hydrogens is 715 g/mol. The van der Waals surface area contributed by atoms with Crippen molar-refractivity contribution in [2.75, 3.05) is 32.1 Å². The van der Waals surface area contributed by atoms with Gasteiger partial charge < -0.3 is 35.4 Å². The Hall–Kier alpha value is -4.49. The summed E-state index contributed by atoms with van der Waals surface area (Å²) in [6.07, 6.45) is 2.11. The number of benzene rings is 3. The molecule has 1 aromatic heterocycles. The fourth-order valence-corrected chi connectivity index (χ4v) is 6.42. The van der Waals surface area contributed by atoms with Crippen molar-refractivity contribution in [1.29, 1.82) is 0 Å². The molecule has 2 amide bonds. The normalized spacial score (nSPS) is 14.2. The number of nitrogens with zero attached hydrogens (tertiary/aromatic N) is 2. The van der Waals surface area contributed by atoms with Gasteiger partial charge in [0.2, 0.25) is 5.91 Å². The highest BCUT2D eigenvalue weighted by molar-refractivity contribution is 6.39. The van der Waals surface area contributed by atoms with E-state index in [9.17, 15) is 14.0 Å². The Kier molecular flexibility index (Phi) is 12.6. The summed E-state index contributed by atoms with van der Waals surface area (Å²) in [6, 6.07) is 14.6. The summed E-state index contributed by atoms with van der Waals surface area (Å²) in [5.41, 5.74) is 2.40. The number of nitrogens with one attached hydrogen (secondary N) is 3. The predicted octanol–water partition coefficient (Wildman–Crippen LogP) is 7.85. The van der Waals surface area contributed by atoms with Crippen molar-refractivity contribution >= 4 is 46.6 Å². The molecular formula is C38H41Cl2F2N5O5. The third-order valence-corrected chi connectivity index (χ3v) is 9.11. The first kappa shape index (κ1) is 38.7. The van der Waals surface area contributed by atoms with E-state index in [4.69, 9.17) is 37.8 Å². The second kappa shape index (κ2) is 16.9. The molecule has 0 bridgehead atoms. The molecule has 0 aliphatic carbocycles. The average Bonchev–Trinajstić information content (AvgIpc) is 3.52. The first-order valence-electron chi connectivity index (χ1n) is 16.7. The summed E-state index contributed by atoms with van der Waals surface area (Å²) in [5, 5.41) is 18.2. The highest BCUT2D eigenvalue weighted by Crippen LogP contribution is 2.42. The molecule has 0 radical (unpaired) electrons. The maximum Gasteiger partial charge on any atom is 0.410 e. The quantitative estimate of drug-likeness (QED) is 0.102. The summed E-state index contributed by atoms with van der Waals surface area (Å²) < 4.78 is 41.2. The molecule has 1 aliphatic rings. The van der Waals surface area contributed by atoms with Crippen LogP contribution in [0.15, 0.2) is 60.8 Å². The van der Waals surface area contributed by atoms with E-state index in [2.05, 4.69) is 20.9 Å². The van der Waals surface area contributed by atoms with Gasteiger partial charge >= 0.3 is 6.09 Å². The Labute approximate surface area is 311 Å². The molecule has 2 heterocycles.